The number of hydrogen-bond donors (Lipinski definition) is 0. The lowest BCUT2D eigenvalue weighted by Gasteiger charge is -2.41. The molecule has 1 amide bonds. The Hall–Kier alpha value is -2.69. The largest absolute Gasteiger partial charge is 0.335 e. The Balaban J connectivity index is 1.42. The predicted octanol–water partition coefficient (Wildman–Crippen LogP) is 3.54. The van der Waals surface area contributed by atoms with Crippen LogP contribution in [0.1, 0.15) is 24.4 Å². The Labute approximate surface area is 139 Å². The molecule has 0 aliphatic carbocycles. The highest BCUT2D eigenvalue weighted by molar-refractivity contribution is 5.78. The zero-order valence-electron chi connectivity index (χ0n) is 13.2. The van der Waals surface area contributed by atoms with E-state index in [-0.39, 0.29) is 17.8 Å². The minimum absolute atomic E-state index is 0.0811. The fraction of sp³-hybridized carbons (Fsp3) is 0.263. The second-order valence-electron chi connectivity index (χ2n) is 6.12. The molecule has 1 aliphatic rings. The first-order chi connectivity index (χ1) is 11.7. The summed E-state index contributed by atoms with van der Waals surface area (Å²) in [5.41, 5.74) is 2.99. The van der Waals surface area contributed by atoms with Crippen molar-refractivity contribution in [1.29, 1.82) is 0 Å². The van der Waals surface area contributed by atoms with Gasteiger partial charge in [-0.05, 0) is 36.2 Å². The number of carbonyl (C=O) groups excluding carboxylic acids is 1. The van der Waals surface area contributed by atoms with Gasteiger partial charge in [-0.25, -0.2) is 9.37 Å². The van der Waals surface area contributed by atoms with Crippen molar-refractivity contribution < 1.29 is 9.18 Å². The third-order valence-electron chi connectivity index (χ3n) is 4.69. The maximum absolute atomic E-state index is 13.0. The number of aromatic nitrogens is 2. The monoisotopic (exact) mass is 323 g/mol. The van der Waals surface area contributed by atoms with E-state index in [2.05, 4.69) is 4.98 Å². The number of halogens is 1. The smallest absolute Gasteiger partial charge is 0.224 e. The molecule has 1 aliphatic heterocycles. The van der Waals surface area contributed by atoms with Crippen LogP contribution in [0.2, 0.25) is 0 Å². The Kier molecular flexibility index (Phi) is 3.76. The number of para-hydroxylation sites is 2. The second kappa shape index (κ2) is 6.07. The van der Waals surface area contributed by atoms with Crippen molar-refractivity contribution in [3.05, 3.63) is 66.2 Å². The van der Waals surface area contributed by atoms with Gasteiger partial charge in [0.05, 0.1) is 23.4 Å². The zero-order chi connectivity index (χ0) is 16.5. The van der Waals surface area contributed by atoms with E-state index in [9.17, 15) is 9.18 Å². The Morgan fingerprint density at radius 3 is 2.71 bits per heavy atom. The summed E-state index contributed by atoms with van der Waals surface area (Å²) in [5.74, 6) is -0.115. The molecular formula is C19H18FN3O. The van der Waals surface area contributed by atoms with Gasteiger partial charge in [0.2, 0.25) is 5.91 Å². The normalized spacial score (nSPS) is 17.0. The van der Waals surface area contributed by atoms with Crippen LogP contribution in [0, 0.1) is 5.82 Å². The van der Waals surface area contributed by atoms with Crippen molar-refractivity contribution in [3.8, 4) is 0 Å². The summed E-state index contributed by atoms with van der Waals surface area (Å²) >= 11 is 0. The van der Waals surface area contributed by atoms with Crippen molar-refractivity contribution in [2.45, 2.75) is 25.4 Å². The van der Waals surface area contributed by atoms with Crippen molar-refractivity contribution in [3.63, 3.8) is 0 Å². The molecule has 0 bridgehead atoms. The number of hydrogen-bond acceptors (Lipinski definition) is 2. The summed E-state index contributed by atoms with van der Waals surface area (Å²) in [7, 11) is 0. The summed E-state index contributed by atoms with van der Waals surface area (Å²) in [6.45, 7) is 1.39. The van der Waals surface area contributed by atoms with Crippen molar-refractivity contribution in [2.24, 2.45) is 0 Å². The van der Waals surface area contributed by atoms with Crippen molar-refractivity contribution >= 4 is 16.9 Å². The van der Waals surface area contributed by atoms with Crippen LogP contribution in [0.4, 0.5) is 4.39 Å². The quantitative estimate of drug-likeness (QED) is 0.736. The van der Waals surface area contributed by atoms with E-state index < -0.39 is 0 Å². The highest BCUT2D eigenvalue weighted by Gasteiger charge is 2.32. The van der Waals surface area contributed by atoms with Gasteiger partial charge in [0, 0.05) is 19.5 Å². The number of rotatable bonds is 4. The summed E-state index contributed by atoms with van der Waals surface area (Å²) in [4.78, 5) is 18.8. The molecule has 1 unspecified atom stereocenters. The zero-order valence-corrected chi connectivity index (χ0v) is 13.2. The molecule has 122 valence electrons. The van der Waals surface area contributed by atoms with Crippen molar-refractivity contribution in [2.75, 3.05) is 6.54 Å². The van der Waals surface area contributed by atoms with Gasteiger partial charge in [-0.1, -0.05) is 24.3 Å². The van der Waals surface area contributed by atoms with Crippen LogP contribution in [0.3, 0.4) is 0 Å². The lowest BCUT2D eigenvalue weighted by molar-refractivity contribution is -0.139. The van der Waals surface area contributed by atoms with Crippen molar-refractivity contribution in [1.82, 2.24) is 14.5 Å². The molecule has 0 N–H and O–H groups in total. The van der Waals surface area contributed by atoms with E-state index >= 15 is 0 Å². The molecule has 1 fully saturated rings. The van der Waals surface area contributed by atoms with Crippen LogP contribution < -0.4 is 0 Å². The van der Waals surface area contributed by atoms with E-state index in [1.165, 1.54) is 12.1 Å². The maximum atomic E-state index is 13.0. The lowest BCUT2D eigenvalue weighted by Crippen LogP contribution is -2.45. The first-order valence-corrected chi connectivity index (χ1v) is 8.17. The first kappa shape index (κ1) is 14.9. The minimum atomic E-state index is -0.247. The van der Waals surface area contributed by atoms with Gasteiger partial charge < -0.3 is 9.47 Å². The van der Waals surface area contributed by atoms with Crippen LogP contribution in [-0.4, -0.2) is 26.9 Å². The van der Waals surface area contributed by atoms with E-state index in [1.807, 2.05) is 33.7 Å². The number of imidazole rings is 1. The van der Waals surface area contributed by atoms with E-state index in [0.717, 1.165) is 29.6 Å². The highest BCUT2D eigenvalue weighted by Crippen LogP contribution is 2.33. The van der Waals surface area contributed by atoms with E-state index in [4.69, 9.17) is 0 Å². The van der Waals surface area contributed by atoms with E-state index in [1.54, 1.807) is 18.5 Å². The highest BCUT2D eigenvalue weighted by atomic mass is 19.1. The molecule has 1 aromatic heterocycles. The molecule has 1 atom stereocenters. The van der Waals surface area contributed by atoms with Gasteiger partial charge >= 0.3 is 0 Å². The van der Waals surface area contributed by atoms with Gasteiger partial charge in [0.25, 0.3) is 0 Å². The molecule has 5 heteroatoms. The molecule has 3 aromatic rings. The summed E-state index contributed by atoms with van der Waals surface area (Å²) < 4.78 is 15.1. The van der Waals surface area contributed by atoms with Gasteiger partial charge in [-0.2, -0.15) is 0 Å². The topological polar surface area (TPSA) is 38.1 Å². The third-order valence-corrected chi connectivity index (χ3v) is 4.69. The molecule has 2 heterocycles. The third kappa shape index (κ3) is 2.66. The molecule has 0 saturated carbocycles. The number of amides is 1. The second-order valence-corrected chi connectivity index (χ2v) is 6.12. The molecule has 0 radical (unpaired) electrons. The Bertz CT molecular complexity index is 872. The minimum Gasteiger partial charge on any atom is -0.335 e. The predicted molar refractivity (Wildman–Crippen MR) is 89.8 cm³/mol. The molecule has 1 saturated heterocycles. The number of likely N-dealkylation sites (tertiary alicyclic amines) is 1. The molecule has 4 nitrogen and oxygen atoms in total. The lowest BCUT2D eigenvalue weighted by atomic mass is 9.94. The van der Waals surface area contributed by atoms with Gasteiger partial charge in [0.1, 0.15) is 5.82 Å². The number of fused-ring (bicyclic) bond motifs is 1. The number of nitrogens with zero attached hydrogens (tertiary/aromatic N) is 3. The molecule has 2 aromatic carbocycles. The maximum Gasteiger partial charge on any atom is 0.224 e. The Morgan fingerprint density at radius 2 is 1.96 bits per heavy atom. The molecule has 0 spiro atoms. The standard InChI is InChI=1S/C19H18FN3O/c20-15-7-5-14(6-8-15)17-9-12-23(17)19(24)10-11-22-13-21-16-3-1-2-4-18(16)22/h1-8,13,17H,9-12H2. The number of aryl methyl sites for hydroxylation is 1. The summed E-state index contributed by atoms with van der Waals surface area (Å²) in [5, 5.41) is 0. The van der Waals surface area contributed by atoms with Gasteiger partial charge in [-0.15, -0.1) is 0 Å². The molecule has 4 rings (SSSR count). The van der Waals surface area contributed by atoms with Crippen LogP contribution in [-0.2, 0) is 11.3 Å². The fourth-order valence-corrected chi connectivity index (χ4v) is 3.27. The van der Waals surface area contributed by atoms with Gasteiger partial charge in [-0.3, -0.25) is 4.79 Å². The fourth-order valence-electron chi connectivity index (χ4n) is 3.27. The first-order valence-electron chi connectivity index (χ1n) is 8.17. The molecule has 24 heavy (non-hydrogen) atoms. The van der Waals surface area contributed by atoms with Crippen LogP contribution in [0.25, 0.3) is 11.0 Å². The Morgan fingerprint density at radius 1 is 1.17 bits per heavy atom. The van der Waals surface area contributed by atoms with E-state index in [0.29, 0.717) is 13.0 Å². The van der Waals surface area contributed by atoms with Crippen LogP contribution in [0.5, 0.6) is 0 Å². The SMILES string of the molecule is O=C(CCn1cnc2ccccc21)N1CCC1c1ccc(F)cc1. The van der Waals surface area contributed by atoms with Gasteiger partial charge in [0.15, 0.2) is 0 Å². The number of benzene rings is 2. The summed E-state index contributed by atoms with van der Waals surface area (Å²) in [6.07, 6.45) is 3.16. The summed E-state index contributed by atoms with van der Waals surface area (Å²) in [6, 6.07) is 14.4. The number of carbonyl (C=O) groups is 1. The molecular weight excluding hydrogens is 305 g/mol. The van der Waals surface area contributed by atoms with Crippen LogP contribution in [0.15, 0.2) is 54.9 Å². The van der Waals surface area contributed by atoms with Crippen LogP contribution >= 0.6 is 0 Å². The average Bonchev–Trinajstić information content (AvgIpc) is 2.97. The average molecular weight is 323 g/mol.